The van der Waals surface area contributed by atoms with Crippen molar-refractivity contribution in [3.05, 3.63) is 0 Å². The molecule has 1 heterocycles. The van der Waals surface area contributed by atoms with Crippen LogP contribution in [0.1, 0.15) is 45.4 Å². The van der Waals surface area contributed by atoms with Gasteiger partial charge in [0, 0.05) is 6.61 Å². The first-order valence-electron chi connectivity index (χ1n) is 7.54. The van der Waals surface area contributed by atoms with E-state index in [4.69, 9.17) is 14.6 Å². The third-order valence-electron chi connectivity index (χ3n) is 3.63. The first-order chi connectivity index (χ1) is 9.61. The van der Waals surface area contributed by atoms with Gasteiger partial charge in [-0.1, -0.05) is 39.0 Å². The summed E-state index contributed by atoms with van der Waals surface area (Å²) in [6.45, 7) is 2.08. The second-order valence-electron chi connectivity index (χ2n) is 5.33. The Kier molecular flexibility index (Phi) is 8.60. The molecule has 1 aliphatic heterocycles. The molecule has 0 radical (unpaired) electrons. The Hall–Kier alpha value is -0.240. The molecule has 0 aromatic rings. The van der Waals surface area contributed by atoms with Crippen molar-refractivity contribution in [3.8, 4) is 0 Å². The summed E-state index contributed by atoms with van der Waals surface area (Å²) in [7, 11) is 0. The molecule has 0 aromatic carbocycles. The Bertz CT molecular complexity index is 250. The van der Waals surface area contributed by atoms with Crippen LogP contribution in [-0.2, 0) is 9.47 Å². The molecular weight excluding hydrogens is 264 g/mol. The number of aliphatic hydroxyl groups is 4. The minimum Gasteiger partial charge on any atom is -0.394 e. The third-order valence-corrected chi connectivity index (χ3v) is 3.63. The van der Waals surface area contributed by atoms with Crippen molar-refractivity contribution in [3.63, 3.8) is 0 Å². The van der Waals surface area contributed by atoms with Gasteiger partial charge in [-0.15, -0.1) is 0 Å². The van der Waals surface area contributed by atoms with E-state index in [0.717, 1.165) is 19.3 Å². The first kappa shape index (κ1) is 17.8. The summed E-state index contributed by atoms with van der Waals surface area (Å²) in [5, 5.41) is 37.9. The normalized spacial score (nSPS) is 31.6. The molecule has 4 N–H and O–H groups in total. The predicted octanol–water partition coefficient (Wildman–Crippen LogP) is 0.163. The second-order valence-corrected chi connectivity index (χ2v) is 5.33. The molecule has 1 rings (SSSR count). The highest BCUT2D eigenvalue weighted by Crippen LogP contribution is 2.25. The van der Waals surface area contributed by atoms with Crippen LogP contribution < -0.4 is 0 Å². The van der Waals surface area contributed by atoms with Gasteiger partial charge in [0.2, 0.25) is 0 Å². The predicted molar refractivity (Wildman–Crippen MR) is 73.1 cm³/mol. The molecule has 0 bridgehead atoms. The standard InChI is InChI=1S/C14H28O6/c1-2-3-4-5-6-7-8-19-13-11(17)12(10(16)9-15)20-14(13)18/h10-18H,2-9H2,1H3/t10-,11+,12-,13-,14-/m1/s1. The van der Waals surface area contributed by atoms with E-state index < -0.39 is 37.3 Å². The summed E-state index contributed by atoms with van der Waals surface area (Å²) in [5.41, 5.74) is 0. The van der Waals surface area contributed by atoms with Crippen LogP contribution in [-0.4, -0.2) is 64.3 Å². The summed E-state index contributed by atoms with van der Waals surface area (Å²) in [6, 6.07) is 0. The summed E-state index contributed by atoms with van der Waals surface area (Å²) >= 11 is 0. The SMILES string of the molecule is CCCCCCCCO[C@@H]1[C@@H](O)[C@@H]([C@H](O)CO)O[C@H]1O. The van der Waals surface area contributed by atoms with Crippen molar-refractivity contribution in [2.45, 2.75) is 76.2 Å². The van der Waals surface area contributed by atoms with Crippen molar-refractivity contribution in [2.24, 2.45) is 0 Å². The Morgan fingerprint density at radius 1 is 1.10 bits per heavy atom. The van der Waals surface area contributed by atoms with E-state index in [1.807, 2.05) is 0 Å². The average Bonchev–Trinajstić information content (AvgIpc) is 2.73. The van der Waals surface area contributed by atoms with Gasteiger partial charge in [-0.2, -0.15) is 0 Å². The maximum atomic E-state index is 9.91. The van der Waals surface area contributed by atoms with E-state index in [1.54, 1.807) is 0 Å². The fourth-order valence-electron chi connectivity index (χ4n) is 2.38. The monoisotopic (exact) mass is 292 g/mol. The van der Waals surface area contributed by atoms with E-state index in [1.165, 1.54) is 19.3 Å². The lowest BCUT2D eigenvalue weighted by atomic mass is 10.1. The lowest BCUT2D eigenvalue weighted by molar-refractivity contribution is -0.159. The van der Waals surface area contributed by atoms with E-state index >= 15 is 0 Å². The third kappa shape index (κ3) is 5.27. The van der Waals surface area contributed by atoms with Gasteiger partial charge < -0.3 is 29.9 Å². The highest BCUT2D eigenvalue weighted by molar-refractivity contribution is 4.91. The molecule has 0 aromatic heterocycles. The zero-order chi connectivity index (χ0) is 15.0. The largest absolute Gasteiger partial charge is 0.394 e. The van der Waals surface area contributed by atoms with Crippen LogP contribution in [0, 0.1) is 0 Å². The molecule has 6 heteroatoms. The number of hydrogen-bond acceptors (Lipinski definition) is 6. The van der Waals surface area contributed by atoms with E-state index in [2.05, 4.69) is 6.92 Å². The zero-order valence-electron chi connectivity index (χ0n) is 12.1. The minimum atomic E-state index is -1.27. The molecule has 0 aliphatic carbocycles. The van der Waals surface area contributed by atoms with Gasteiger partial charge in [0.1, 0.15) is 24.4 Å². The number of unbranched alkanes of at least 4 members (excludes halogenated alkanes) is 5. The molecule has 120 valence electrons. The van der Waals surface area contributed by atoms with E-state index in [9.17, 15) is 15.3 Å². The van der Waals surface area contributed by atoms with Crippen molar-refractivity contribution in [1.82, 2.24) is 0 Å². The highest BCUT2D eigenvalue weighted by atomic mass is 16.7. The van der Waals surface area contributed by atoms with Gasteiger partial charge in [0.25, 0.3) is 0 Å². The molecule has 0 unspecified atom stereocenters. The van der Waals surface area contributed by atoms with Crippen LogP contribution in [0.15, 0.2) is 0 Å². The van der Waals surface area contributed by atoms with Crippen LogP contribution in [0.4, 0.5) is 0 Å². The van der Waals surface area contributed by atoms with Crippen molar-refractivity contribution in [2.75, 3.05) is 13.2 Å². The summed E-state index contributed by atoms with van der Waals surface area (Å²) in [6.07, 6.45) is 1.27. The average molecular weight is 292 g/mol. The van der Waals surface area contributed by atoms with Gasteiger partial charge in [-0.25, -0.2) is 0 Å². The maximum Gasteiger partial charge on any atom is 0.184 e. The number of rotatable bonds is 10. The van der Waals surface area contributed by atoms with Crippen LogP contribution in [0.5, 0.6) is 0 Å². The lowest BCUT2D eigenvalue weighted by Gasteiger charge is -2.20. The van der Waals surface area contributed by atoms with Gasteiger partial charge in [-0.05, 0) is 6.42 Å². The molecule has 1 fully saturated rings. The molecule has 0 amide bonds. The zero-order valence-corrected chi connectivity index (χ0v) is 12.1. The molecule has 1 aliphatic rings. The number of ether oxygens (including phenoxy) is 2. The first-order valence-corrected chi connectivity index (χ1v) is 7.54. The molecule has 0 spiro atoms. The van der Waals surface area contributed by atoms with Crippen LogP contribution >= 0.6 is 0 Å². The molecule has 0 saturated carbocycles. The van der Waals surface area contributed by atoms with E-state index in [-0.39, 0.29) is 0 Å². The summed E-state index contributed by atoms with van der Waals surface area (Å²) in [5.74, 6) is 0. The highest BCUT2D eigenvalue weighted by Gasteiger charge is 2.46. The van der Waals surface area contributed by atoms with Gasteiger partial charge in [-0.3, -0.25) is 0 Å². The Labute approximate surface area is 120 Å². The smallest absolute Gasteiger partial charge is 0.184 e. The van der Waals surface area contributed by atoms with Crippen LogP contribution in [0.2, 0.25) is 0 Å². The maximum absolute atomic E-state index is 9.91. The quantitative estimate of drug-likeness (QED) is 0.428. The van der Waals surface area contributed by atoms with Gasteiger partial charge >= 0.3 is 0 Å². The fourth-order valence-corrected chi connectivity index (χ4v) is 2.38. The Morgan fingerprint density at radius 3 is 2.40 bits per heavy atom. The number of aliphatic hydroxyl groups excluding tert-OH is 4. The Balaban J connectivity index is 2.19. The van der Waals surface area contributed by atoms with Crippen LogP contribution in [0.3, 0.4) is 0 Å². The van der Waals surface area contributed by atoms with Gasteiger partial charge in [0.05, 0.1) is 6.61 Å². The molecule has 6 nitrogen and oxygen atoms in total. The molecular formula is C14H28O6. The summed E-state index contributed by atoms with van der Waals surface area (Å²) in [4.78, 5) is 0. The number of hydrogen-bond donors (Lipinski definition) is 4. The van der Waals surface area contributed by atoms with Crippen molar-refractivity contribution in [1.29, 1.82) is 0 Å². The molecule has 1 saturated heterocycles. The Morgan fingerprint density at radius 2 is 1.75 bits per heavy atom. The van der Waals surface area contributed by atoms with Crippen molar-refractivity contribution < 1.29 is 29.9 Å². The summed E-state index contributed by atoms with van der Waals surface area (Å²) < 4.78 is 10.5. The van der Waals surface area contributed by atoms with Crippen LogP contribution in [0.25, 0.3) is 0 Å². The topological polar surface area (TPSA) is 99.4 Å². The minimum absolute atomic E-state index is 0.441. The van der Waals surface area contributed by atoms with Crippen molar-refractivity contribution >= 4 is 0 Å². The van der Waals surface area contributed by atoms with Gasteiger partial charge in [0.15, 0.2) is 6.29 Å². The molecule has 5 atom stereocenters. The lowest BCUT2D eigenvalue weighted by Crippen LogP contribution is -2.41. The van der Waals surface area contributed by atoms with E-state index in [0.29, 0.717) is 6.61 Å². The second kappa shape index (κ2) is 9.65. The molecule has 20 heavy (non-hydrogen) atoms. The fraction of sp³-hybridized carbons (Fsp3) is 1.00.